The van der Waals surface area contributed by atoms with Crippen LogP contribution in [-0.2, 0) is 9.59 Å². The molecule has 1 amide bonds. The van der Waals surface area contributed by atoms with Gasteiger partial charge in [0.2, 0.25) is 5.91 Å². The second-order valence-corrected chi connectivity index (χ2v) is 6.18. The van der Waals surface area contributed by atoms with E-state index in [1.165, 1.54) is 5.57 Å². The molecule has 128 valence electrons. The van der Waals surface area contributed by atoms with Crippen LogP contribution in [0.3, 0.4) is 0 Å². The zero-order valence-electron chi connectivity index (χ0n) is 13.9. The van der Waals surface area contributed by atoms with Crippen molar-refractivity contribution in [1.29, 1.82) is 0 Å². The fraction of sp³-hybridized carbons (Fsp3) is 0.647. The van der Waals surface area contributed by atoms with E-state index in [4.69, 9.17) is 5.11 Å². The van der Waals surface area contributed by atoms with Gasteiger partial charge in [-0.15, -0.1) is 0 Å². The highest BCUT2D eigenvalue weighted by molar-refractivity contribution is 5.93. The van der Waals surface area contributed by atoms with E-state index in [9.17, 15) is 9.59 Å². The maximum atomic E-state index is 11.7. The van der Waals surface area contributed by atoms with Crippen molar-refractivity contribution in [3.05, 3.63) is 23.3 Å². The molecule has 0 saturated carbocycles. The summed E-state index contributed by atoms with van der Waals surface area (Å²) in [5.41, 5.74) is 2.10. The molecule has 1 fully saturated rings. The molecule has 23 heavy (non-hydrogen) atoms. The normalized spacial score (nSPS) is 19.9. The standard InChI is InChI=1S/C17H27N3O3/c1-18-17(23)15-5-2-4-14(12-15)13-20-10-8-19(9-11-20)7-3-6-16(21)22/h4,12H,2-3,5-11,13H2,1H3,(H,18,23)(H,21,22). The maximum Gasteiger partial charge on any atom is 0.303 e. The maximum absolute atomic E-state index is 11.7. The highest BCUT2D eigenvalue weighted by Gasteiger charge is 2.19. The number of hydrogen-bond donors (Lipinski definition) is 2. The third-order valence-corrected chi connectivity index (χ3v) is 4.43. The Hall–Kier alpha value is -1.66. The molecule has 0 spiro atoms. The number of piperazine rings is 1. The van der Waals surface area contributed by atoms with Crippen molar-refractivity contribution < 1.29 is 14.7 Å². The van der Waals surface area contributed by atoms with Crippen LogP contribution in [0.25, 0.3) is 0 Å². The molecule has 0 radical (unpaired) electrons. The molecule has 2 aliphatic rings. The Kier molecular flexibility index (Phi) is 6.80. The molecule has 6 heteroatoms. The fourth-order valence-corrected chi connectivity index (χ4v) is 3.10. The Morgan fingerprint density at radius 2 is 1.91 bits per heavy atom. The third-order valence-electron chi connectivity index (χ3n) is 4.43. The number of hydrogen-bond acceptors (Lipinski definition) is 4. The number of likely N-dealkylation sites (N-methyl/N-ethyl adjacent to an activating group) is 1. The van der Waals surface area contributed by atoms with Gasteiger partial charge in [0.25, 0.3) is 0 Å². The van der Waals surface area contributed by atoms with Crippen molar-refractivity contribution in [2.24, 2.45) is 0 Å². The number of allylic oxidation sites excluding steroid dienone is 1. The molecule has 0 aromatic rings. The lowest BCUT2D eigenvalue weighted by Crippen LogP contribution is -2.47. The van der Waals surface area contributed by atoms with Crippen molar-refractivity contribution in [2.75, 3.05) is 46.3 Å². The van der Waals surface area contributed by atoms with Crippen molar-refractivity contribution in [3.8, 4) is 0 Å². The van der Waals surface area contributed by atoms with Crippen molar-refractivity contribution >= 4 is 11.9 Å². The number of nitrogens with zero attached hydrogens (tertiary/aromatic N) is 2. The molecule has 1 aliphatic carbocycles. The Labute approximate surface area is 137 Å². The van der Waals surface area contributed by atoms with Crippen LogP contribution in [0.4, 0.5) is 0 Å². The number of rotatable bonds is 7. The SMILES string of the molecule is CNC(=O)C1=CC(CN2CCN(CCCC(=O)O)CC2)=CCC1. The first-order valence-corrected chi connectivity index (χ1v) is 8.36. The predicted octanol–water partition coefficient (Wildman–Crippen LogP) is 0.861. The van der Waals surface area contributed by atoms with Crippen LogP contribution in [0.15, 0.2) is 23.3 Å². The van der Waals surface area contributed by atoms with Crippen LogP contribution in [0.1, 0.15) is 25.7 Å². The zero-order valence-corrected chi connectivity index (χ0v) is 13.9. The monoisotopic (exact) mass is 321 g/mol. The summed E-state index contributed by atoms with van der Waals surface area (Å²) in [6.45, 7) is 5.71. The number of amides is 1. The molecule has 0 unspecified atom stereocenters. The van der Waals surface area contributed by atoms with E-state index in [1.54, 1.807) is 7.05 Å². The highest BCUT2D eigenvalue weighted by Crippen LogP contribution is 2.19. The summed E-state index contributed by atoms with van der Waals surface area (Å²) in [6, 6.07) is 0. The van der Waals surface area contributed by atoms with Gasteiger partial charge in [0.15, 0.2) is 0 Å². The van der Waals surface area contributed by atoms with Crippen molar-refractivity contribution in [3.63, 3.8) is 0 Å². The summed E-state index contributed by atoms with van der Waals surface area (Å²) in [4.78, 5) is 27.0. The largest absolute Gasteiger partial charge is 0.481 e. The van der Waals surface area contributed by atoms with E-state index in [1.807, 2.05) is 6.08 Å². The number of aliphatic carboxylic acids is 1. The zero-order chi connectivity index (χ0) is 16.7. The third kappa shape index (κ3) is 5.80. The second-order valence-electron chi connectivity index (χ2n) is 6.18. The van der Waals surface area contributed by atoms with E-state index in [0.717, 1.165) is 64.1 Å². The Bertz CT molecular complexity index is 491. The smallest absolute Gasteiger partial charge is 0.303 e. The van der Waals surface area contributed by atoms with Crippen LogP contribution in [0, 0.1) is 0 Å². The molecule has 2 rings (SSSR count). The lowest BCUT2D eigenvalue weighted by Gasteiger charge is -2.35. The molecule has 0 aromatic heterocycles. The van der Waals surface area contributed by atoms with Gasteiger partial charge in [0.05, 0.1) is 0 Å². The van der Waals surface area contributed by atoms with Gasteiger partial charge in [0, 0.05) is 51.8 Å². The molecule has 1 aliphatic heterocycles. The number of carboxylic acid groups (broad SMARTS) is 1. The molecule has 0 bridgehead atoms. The summed E-state index contributed by atoms with van der Waals surface area (Å²) < 4.78 is 0. The molecule has 6 nitrogen and oxygen atoms in total. The van der Waals surface area contributed by atoms with Gasteiger partial charge >= 0.3 is 5.97 Å². The minimum atomic E-state index is -0.716. The van der Waals surface area contributed by atoms with Gasteiger partial charge < -0.3 is 15.3 Å². The molecular formula is C17H27N3O3. The summed E-state index contributed by atoms with van der Waals surface area (Å²) in [7, 11) is 1.67. The van der Waals surface area contributed by atoms with E-state index < -0.39 is 5.97 Å². The van der Waals surface area contributed by atoms with E-state index >= 15 is 0 Å². The quantitative estimate of drug-likeness (QED) is 0.728. The van der Waals surface area contributed by atoms with Crippen LogP contribution >= 0.6 is 0 Å². The van der Waals surface area contributed by atoms with Gasteiger partial charge in [-0.3, -0.25) is 14.5 Å². The molecular weight excluding hydrogens is 294 g/mol. The number of carboxylic acids is 1. The Morgan fingerprint density at radius 1 is 1.22 bits per heavy atom. The molecule has 1 saturated heterocycles. The van der Waals surface area contributed by atoms with Gasteiger partial charge in [-0.2, -0.15) is 0 Å². The van der Waals surface area contributed by atoms with Crippen LogP contribution in [0.2, 0.25) is 0 Å². The predicted molar refractivity (Wildman–Crippen MR) is 89.2 cm³/mol. The fourth-order valence-electron chi connectivity index (χ4n) is 3.10. The van der Waals surface area contributed by atoms with Crippen LogP contribution < -0.4 is 5.32 Å². The number of carbonyl (C=O) groups excluding carboxylic acids is 1. The topological polar surface area (TPSA) is 72.9 Å². The van der Waals surface area contributed by atoms with Gasteiger partial charge in [-0.1, -0.05) is 6.08 Å². The van der Waals surface area contributed by atoms with Gasteiger partial charge in [-0.05, 0) is 37.5 Å². The molecule has 0 atom stereocenters. The Morgan fingerprint density at radius 3 is 2.57 bits per heavy atom. The first-order valence-electron chi connectivity index (χ1n) is 8.36. The second kappa shape index (κ2) is 8.84. The lowest BCUT2D eigenvalue weighted by atomic mass is 9.98. The molecule has 0 aromatic carbocycles. The number of nitrogens with one attached hydrogen (secondary N) is 1. The summed E-state index contributed by atoms with van der Waals surface area (Å²) >= 11 is 0. The first kappa shape index (κ1) is 17.7. The van der Waals surface area contributed by atoms with E-state index in [-0.39, 0.29) is 12.3 Å². The van der Waals surface area contributed by atoms with E-state index in [0.29, 0.717) is 0 Å². The van der Waals surface area contributed by atoms with Crippen molar-refractivity contribution in [2.45, 2.75) is 25.7 Å². The van der Waals surface area contributed by atoms with Gasteiger partial charge in [-0.25, -0.2) is 0 Å². The van der Waals surface area contributed by atoms with Crippen molar-refractivity contribution in [1.82, 2.24) is 15.1 Å². The summed E-state index contributed by atoms with van der Waals surface area (Å²) in [5, 5.41) is 11.4. The first-order chi connectivity index (χ1) is 11.1. The molecule has 1 heterocycles. The van der Waals surface area contributed by atoms with Crippen LogP contribution in [0.5, 0.6) is 0 Å². The van der Waals surface area contributed by atoms with Crippen LogP contribution in [-0.4, -0.2) is 73.1 Å². The average molecular weight is 321 g/mol. The Balaban J connectivity index is 1.74. The summed E-state index contributed by atoms with van der Waals surface area (Å²) in [6.07, 6.45) is 6.98. The average Bonchev–Trinajstić information content (AvgIpc) is 2.55. The van der Waals surface area contributed by atoms with Gasteiger partial charge in [0.1, 0.15) is 0 Å². The van der Waals surface area contributed by atoms with E-state index in [2.05, 4.69) is 21.2 Å². The minimum Gasteiger partial charge on any atom is -0.481 e. The number of carbonyl (C=O) groups is 2. The molecule has 2 N–H and O–H groups in total. The summed E-state index contributed by atoms with van der Waals surface area (Å²) in [5.74, 6) is -0.689. The minimum absolute atomic E-state index is 0.0267. The lowest BCUT2D eigenvalue weighted by molar-refractivity contribution is -0.137. The highest BCUT2D eigenvalue weighted by atomic mass is 16.4.